The van der Waals surface area contributed by atoms with E-state index in [-0.39, 0.29) is 0 Å². The molecule has 0 aromatic heterocycles. The minimum absolute atomic E-state index is 0.830. The zero-order valence-corrected chi connectivity index (χ0v) is 9.68. The van der Waals surface area contributed by atoms with Crippen LogP contribution in [0, 0.1) is 0 Å². The number of hydrogen-bond donors (Lipinski definition) is 1. The molecule has 15 heavy (non-hydrogen) atoms. The van der Waals surface area contributed by atoms with Crippen LogP contribution in [0.1, 0.15) is 11.1 Å². The van der Waals surface area contributed by atoms with Crippen molar-refractivity contribution in [2.24, 2.45) is 0 Å². The second-order valence-corrected chi connectivity index (χ2v) is 4.50. The molecule has 0 amide bonds. The highest BCUT2D eigenvalue weighted by Gasteiger charge is 2.26. The van der Waals surface area contributed by atoms with Crippen molar-refractivity contribution in [3.05, 3.63) is 71.8 Å². The predicted molar refractivity (Wildman–Crippen MR) is 64.8 cm³/mol. The predicted octanol–water partition coefficient (Wildman–Crippen LogP) is 3.27. The zero-order chi connectivity index (χ0) is 10.7. The molecular weight excluding hydrogens is 252 g/mol. The van der Waals surface area contributed by atoms with Gasteiger partial charge in [-0.25, -0.2) is 0 Å². The Hall–Kier alpha value is -1.12. The van der Waals surface area contributed by atoms with Gasteiger partial charge >= 0.3 is 0 Å². The molecule has 2 aromatic rings. The quantitative estimate of drug-likeness (QED) is 0.824. The molecule has 76 valence electrons. The van der Waals surface area contributed by atoms with Crippen LogP contribution in [0.3, 0.4) is 0 Å². The third-order valence-electron chi connectivity index (χ3n) is 2.31. The number of alkyl halides is 1. The first kappa shape index (κ1) is 10.4. The summed E-state index contributed by atoms with van der Waals surface area (Å²) in [6, 6.07) is 19.0. The summed E-state index contributed by atoms with van der Waals surface area (Å²) in [5, 5.41) is 10.4. The molecule has 0 aliphatic carbocycles. The van der Waals surface area contributed by atoms with E-state index in [0.29, 0.717) is 0 Å². The number of aliphatic hydroxyl groups is 1. The van der Waals surface area contributed by atoms with Crippen LogP contribution in [0.25, 0.3) is 0 Å². The van der Waals surface area contributed by atoms with Crippen molar-refractivity contribution >= 4 is 15.9 Å². The van der Waals surface area contributed by atoms with E-state index in [1.165, 1.54) is 0 Å². The third-order valence-corrected chi connectivity index (χ3v) is 3.23. The molecule has 0 heterocycles. The van der Waals surface area contributed by atoms with E-state index in [0.717, 1.165) is 11.1 Å². The third kappa shape index (κ3) is 2.11. The molecule has 2 heteroatoms. The lowest BCUT2D eigenvalue weighted by Crippen LogP contribution is -2.18. The Labute approximate surface area is 97.5 Å². The van der Waals surface area contributed by atoms with Crippen molar-refractivity contribution in [2.45, 2.75) is 4.51 Å². The number of rotatable bonds is 2. The molecule has 0 spiro atoms. The van der Waals surface area contributed by atoms with Crippen LogP contribution in [-0.2, 0) is 4.51 Å². The molecule has 2 rings (SSSR count). The summed E-state index contributed by atoms with van der Waals surface area (Å²) in [6.45, 7) is 0. The van der Waals surface area contributed by atoms with E-state index in [1.807, 2.05) is 60.7 Å². The molecule has 0 fully saturated rings. The number of halogens is 1. The topological polar surface area (TPSA) is 20.2 Å². The van der Waals surface area contributed by atoms with E-state index in [2.05, 4.69) is 15.9 Å². The van der Waals surface area contributed by atoms with Crippen LogP contribution < -0.4 is 0 Å². The maximum absolute atomic E-state index is 10.4. The Morgan fingerprint density at radius 3 is 1.40 bits per heavy atom. The van der Waals surface area contributed by atoms with Crippen LogP contribution >= 0.6 is 15.9 Å². The Kier molecular flexibility index (Phi) is 2.89. The molecule has 1 N–H and O–H groups in total. The van der Waals surface area contributed by atoms with Crippen molar-refractivity contribution < 1.29 is 5.11 Å². The van der Waals surface area contributed by atoms with Crippen molar-refractivity contribution in [3.63, 3.8) is 0 Å². The SMILES string of the molecule is OC(Br)(c1ccccc1)c1ccccc1. The van der Waals surface area contributed by atoms with Gasteiger partial charge in [0.15, 0.2) is 4.51 Å². The summed E-state index contributed by atoms with van der Waals surface area (Å²) < 4.78 is -1.10. The van der Waals surface area contributed by atoms with Gasteiger partial charge in [-0.1, -0.05) is 60.7 Å². The highest BCUT2D eigenvalue weighted by Crippen LogP contribution is 2.35. The molecule has 0 saturated carbocycles. The second kappa shape index (κ2) is 4.17. The first-order valence-electron chi connectivity index (χ1n) is 4.73. The minimum Gasteiger partial charge on any atom is -0.371 e. The van der Waals surface area contributed by atoms with Crippen molar-refractivity contribution in [1.82, 2.24) is 0 Å². The Morgan fingerprint density at radius 1 is 0.733 bits per heavy atom. The largest absolute Gasteiger partial charge is 0.371 e. The van der Waals surface area contributed by atoms with Crippen LogP contribution in [0.4, 0.5) is 0 Å². The lowest BCUT2D eigenvalue weighted by molar-refractivity contribution is 0.189. The average molecular weight is 263 g/mol. The van der Waals surface area contributed by atoms with Gasteiger partial charge in [0.25, 0.3) is 0 Å². The van der Waals surface area contributed by atoms with Gasteiger partial charge in [0.1, 0.15) is 0 Å². The van der Waals surface area contributed by atoms with E-state index in [4.69, 9.17) is 0 Å². The fourth-order valence-electron chi connectivity index (χ4n) is 1.48. The smallest absolute Gasteiger partial charge is 0.170 e. The fourth-order valence-corrected chi connectivity index (χ4v) is 2.01. The van der Waals surface area contributed by atoms with E-state index < -0.39 is 4.51 Å². The summed E-state index contributed by atoms with van der Waals surface area (Å²) in [4.78, 5) is 0. The van der Waals surface area contributed by atoms with Gasteiger partial charge in [-0.2, -0.15) is 0 Å². The fraction of sp³-hybridized carbons (Fsp3) is 0.0769. The zero-order valence-electron chi connectivity index (χ0n) is 8.10. The normalized spacial score (nSPS) is 11.3. The summed E-state index contributed by atoms with van der Waals surface area (Å²) in [5.41, 5.74) is 1.66. The summed E-state index contributed by atoms with van der Waals surface area (Å²) in [6.07, 6.45) is 0. The summed E-state index contributed by atoms with van der Waals surface area (Å²) >= 11 is 3.35. The van der Waals surface area contributed by atoms with Gasteiger partial charge in [0.2, 0.25) is 0 Å². The summed E-state index contributed by atoms with van der Waals surface area (Å²) in [7, 11) is 0. The molecule has 2 aromatic carbocycles. The molecular formula is C13H11BrO. The standard InChI is InChI=1S/C13H11BrO/c14-13(15,11-7-3-1-4-8-11)12-9-5-2-6-10-12/h1-10,15H. The minimum atomic E-state index is -1.10. The Morgan fingerprint density at radius 2 is 1.07 bits per heavy atom. The molecule has 0 atom stereocenters. The number of hydrogen-bond acceptors (Lipinski definition) is 1. The molecule has 0 unspecified atom stereocenters. The highest BCUT2D eigenvalue weighted by molar-refractivity contribution is 9.09. The van der Waals surface area contributed by atoms with Crippen LogP contribution in [0.15, 0.2) is 60.7 Å². The van der Waals surface area contributed by atoms with Gasteiger partial charge in [-0.15, -0.1) is 0 Å². The second-order valence-electron chi connectivity index (χ2n) is 3.35. The van der Waals surface area contributed by atoms with Gasteiger partial charge in [0, 0.05) is 0 Å². The van der Waals surface area contributed by atoms with E-state index in [9.17, 15) is 5.11 Å². The van der Waals surface area contributed by atoms with Crippen LogP contribution in [0.5, 0.6) is 0 Å². The van der Waals surface area contributed by atoms with Gasteiger partial charge in [-0.3, -0.25) is 0 Å². The maximum atomic E-state index is 10.4. The lowest BCUT2D eigenvalue weighted by Gasteiger charge is -2.22. The molecule has 0 bridgehead atoms. The molecule has 0 aliphatic heterocycles. The highest BCUT2D eigenvalue weighted by atomic mass is 79.9. The van der Waals surface area contributed by atoms with Gasteiger partial charge < -0.3 is 5.11 Å². The van der Waals surface area contributed by atoms with Gasteiger partial charge in [-0.05, 0) is 27.1 Å². The van der Waals surface area contributed by atoms with Crippen LogP contribution in [0.2, 0.25) is 0 Å². The lowest BCUT2D eigenvalue weighted by atomic mass is 10.0. The summed E-state index contributed by atoms with van der Waals surface area (Å²) in [5.74, 6) is 0. The van der Waals surface area contributed by atoms with Crippen molar-refractivity contribution in [2.75, 3.05) is 0 Å². The number of benzene rings is 2. The molecule has 0 aliphatic rings. The van der Waals surface area contributed by atoms with Crippen molar-refractivity contribution in [1.29, 1.82) is 0 Å². The van der Waals surface area contributed by atoms with Crippen molar-refractivity contribution in [3.8, 4) is 0 Å². The van der Waals surface area contributed by atoms with E-state index in [1.54, 1.807) is 0 Å². The maximum Gasteiger partial charge on any atom is 0.170 e. The van der Waals surface area contributed by atoms with Crippen LogP contribution in [-0.4, -0.2) is 5.11 Å². The first-order valence-corrected chi connectivity index (χ1v) is 5.53. The first-order chi connectivity index (χ1) is 7.21. The molecule has 1 nitrogen and oxygen atoms in total. The van der Waals surface area contributed by atoms with Gasteiger partial charge in [0.05, 0.1) is 0 Å². The molecule has 0 saturated heterocycles. The Balaban J connectivity index is 2.44. The Bertz CT molecular complexity index is 381. The molecule has 0 radical (unpaired) electrons. The monoisotopic (exact) mass is 262 g/mol. The average Bonchev–Trinajstić information content (AvgIpc) is 2.31. The van der Waals surface area contributed by atoms with E-state index >= 15 is 0 Å².